The molecule has 1 N–H and O–H groups in total. The van der Waals surface area contributed by atoms with Crippen LogP contribution >= 0.6 is 0 Å². The zero-order valence-corrected chi connectivity index (χ0v) is 22.8. The quantitative estimate of drug-likeness (QED) is 0.244. The summed E-state index contributed by atoms with van der Waals surface area (Å²) < 4.78 is 31.1. The number of hydrogen-bond acceptors (Lipinski definition) is 4. The van der Waals surface area contributed by atoms with E-state index in [9.17, 15) is 4.21 Å². The van der Waals surface area contributed by atoms with Gasteiger partial charge < -0.3 is 19.2 Å². The standard InChI is InChI=1S/C26H28N2O3S.C4H8O/c1-19-16-27-17-23(19)12-13-28(18-20-8-11-25(30-2)26(14-20)31-3)32(29)24-10-9-21-6-4-5-7-22(21)15-24;1-3-4-5-2/h4-11,14-17,27H,12-13,18H2,1-3H3;3H,1,4H2,2H3. The van der Waals surface area contributed by atoms with E-state index in [1.54, 1.807) is 27.4 Å². The molecule has 0 amide bonds. The minimum atomic E-state index is -1.31. The average Bonchev–Trinajstić information content (AvgIpc) is 3.35. The molecule has 0 fully saturated rings. The van der Waals surface area contributed by atoms with Crippen molar-refractivity contribution < 1.29 is 18.4 Å². The molecule has 196 valence electrons. The van der Waals surface area contributed by atoms with E-state index in [1.807, 2.05) is 65.2 Å². The Labute approximate surface area is 222 Å². The number of hydrogen-bond donors (Lipinski definition) is 1. The van der Waals surface area contributed by atoms with Crippen molar-refractivity contribution in [2.24, 2.45) is 0 Å². The number of benzene rings is 3. The topological polar surface area (TPSA) is 63.8 Å². The van der Waals surface area contributed by atoms with Crippen molar-refractivity contribution in [3.8, 4) is 11.5 Å². The number of ether oxygens (including phenoxy) is 3. The molecule has 0 radical (unpaired) electrons. The fourth-order valence-corrected chi connectivity index (χ4v) is 5.17. The molecule has 0 aliphatic heterocycles. The van der Waals surface area contributed by atoms with E-state index in [0.717, 1.165) is 27.7 Å². The number of aryl methyl sites for hydroxylation is 1. The van der Waals surface area contributed by atoms with Gasteiger partial charge in [0, 0.05) is 32.6 Å². The molecular formula is C30H36N2O4S. The van der Waals surface area contributed by atoms with Crippen LogP contribution in [0.1, 0.15) is 16.7 Å². The van der Waals surface area contributed by atoms with Gasteiger partial charge in [-0.3, -0.25) is 0 Å². The van der Waals surface area contributed by atoms with Gasteiger partial charge in [0.25, 0.3) is 0 Å². The number of rotatable bonds is 11. The van der Waals surface area contributed by atoms with Crippen LogP contribution < -0.4 is 9.47 Å². The number of aromatic amines is 1. The number of nitrogens with zero attached hydrogens (tertiary/aromatic N) is 1. The monoisotopic (exact) mass is 520 g/mol. The second kappa shape index (κ2) is 14.4. The van der Waals surface area contributed by atoms with Gasteiger partial charge in [-0.15, -0.1) is 6.58 Å². The molecule has 0 spiro atoms. The van der Waals surface area contributed by atoms with Crippen LogP contribution in [-0.2, 0) is 28.7 Å². The van der Waals surface area contributed by atoms with Gasteiger partial charge in [-0.05, 0) is 65.1 Å². The highest BCUT2D eigenvalue weighted by Crippen LogP contribution is 2.29. The van der Waals surface area contributed by atoms with Gasteiger partial charge in [-0.2, -0.15) is 0 Å². The highest BCUT2D eigenvalue weighted by atomic mass is 32.2. The molecule has 6 nitrogen and oxygen atoms in total. The van der Waals surface area contributed by atoms with Crippen molar-refractivity contribution in [3.05, 3.63) is 102 Å². The first-order valence-corrected chi connectivity index (χ1v) is 13.2. The lowest BCUT2D eigenvalue weighted by Crippen LogP contribution is -2.28. The van der Waals surface area contributed by atoms with E-state index in [0.29, 0.717) is 31.2 Å². The molecule has 7 heteroatoms. The lowest BCUT2D eigenvalue weighted by Gasteiger charge is -2.22. The van der Waals surface area contributed by atoms with E-state index < -0.39 is 11.0 Å². The number of aromatic nitrogens is 1. The summed E-state index contributed by atoms with van der Waals surface area (Å²) in [6.45, 7) is 7.36. The van der Waals surface area contributed by atoms with Crippen LogP contribution in [-0.4, -0.2) is 48.0 Å². The minimum Gasteiger partial charge on any atom is -0.493 e. The third-order valence-electron chi connectivity index (χ3n) is 5.94. The second-order valence-corrected chi connectivity index (χ2v) is 9.95. The molecule has 1 heterocycles. The number of nitrogens with one attached hydrogen (secondary N) is 1. The molecule has 0 saturated carbocycles. The van der Waals surface area contributed by atoms with Gasteiger partial charge in [0.1, 0.15) is 11.0 Å². The maximum Gasteiger partial charge on any atom is 0.161 e. The Hall–Kier alpha value is -3.39. The van der Waals surface area contributed by atoms with Crippen molar-refractivity contribution in [1.29, 1.82) is 0 Å². The van der Waals surface area contributed by atoms with Crippen LogP contribution in [0.5, 0.6) is 11.5 Å². The molecule has 4 aromatic rings. The van der Waals surface area contributed by atoms with Crippen molar-refractivity contribution in [1.82, 2.24) is 9.29 Å². The molecule has 37 heavy (non-hydrogen) atoms. The molecule has 1 atom stereocenters. The van der Waals surface area contributed by atoms with E-state index in [-0.39, 0.29) is 0 Å². The van der Waals surface area contributed by atoms with Crippen molar-refractivity contribution in [3.63, 3.8) is 0 Å². The summed E-state index contributed by atoms with van der Waals surface area (Å²) >= 11 is 0. The molecule has 0 saturated heterocycles. The first kappa shape index (κ1) is 28.2. The first-order chi connectivity index (χ1) is 18.0. The van der Waals surface area contributed by atoms with Crippen LogP contribution in [0.3, 0.4) is 0 Å². The Morgan fingerprint density at radius 2 is 1.70 bits per heavy atom. The summed E-state index contributed by atoms with van der Waals surface area (Å²) in [5, 5.41) is 2.23. The van der Waals surface area contributed by atoms with Crippen LogP contribution in [0.4, 0.5) is 0 Å². The summed E-state index contributed by atoms with van der Waals surface area (Å²) in [6.07, 6.45) is 6.53. The molecule has 3 aromatic carbocycles. The largest absolute Gasteiger partial charge is 0.493 e. The third kappa shape index (κ3) is 7.79. The maximum atomic E-state index is 13.7. The molecule has 0 aliphatic carbocycles. The Kier molecular flexibility index (Phi) is 11.0. The summed E-state index contributed by atoms with van der Waals surface area (Å²) in [5.41, 5.74) is 3.47. The first-order valence-electron chi connectivity index (χ1n) is 12.1. The maximum absolute atomic E-state index is 13.7. The Balaban J connectivity index is 0.000000695. The van der Waals surface area contributed by atoms with Gasteiger partial charge in [-0.1, -0.05) is 42.5 Å². The van der Waals surface area contributed by atoms with E-state index in [1.165, 1.54) is 11.1 Å². The van der Waals surface area contributed by atoms with E-state index in [4.69, 9.17) is 9.47 Å². The Morgan fingerprint density at radius 3 is 2.32 bits per heavy atom. The van der Waals surface area contributed by atoms with Gasteiger partial charge in [0.2, 0.25) is 0 Å². The Morgan fingerprint density at radius 1 is 0.946 bits per heavy atom. The number of fused-ring (bicyclic) bond motifs is 1. The van der Waals surface area contributed by atoms with Crippen molar-refractivity contribution >= 4 is 21.8 Å². The molecule has 4 rings (SSSR count). The zero-order chi connectivity index (χ0) is 26.6. The van der Waals surface area contributed by atoms with Crippen LogP contribution in [0.25, 0.3) is 10.8 Å². The molecule has 1 aromatic heterocycles. The highest BCUT2D eigenvalue weighted by molar-refractivity contribution is 7.82. The van der Waals surface area contributed by atoms with Crippen molar-refractivity contribution in [2.75, 3.05) is 34.5 Å². The van der Waals surface area contributed by atoms with Gasteiger partial charge in [0.05, 0.1) is 25.7 Å². The van der Waals surface area contributed by atoms with Crippen LogP contribution in [0.2, 0.25) is 0 Å². The Bertz CT molecular complexity index is 1320. The van der Waals surface area contributed by atoms with E-state index in [2.05, 4.69) is 35.4 Å². The smallest absolute Gasteiger partial charge is 0.161 e. The predicted octanol–water partition coefficient (Wildman–Crippen LogP) is 6.08. The molecular weight excluding hydrogens is 484 g/mol. The fraction of sp³-hybridized carbons (Fsp3) is 0.267. The van der Waals surface area contributed by atoms with Gasteiger partial charge in [-0.25, -0.2) is 8.51 Å². The lowest BCUT2D eigenvalue weighted by atomic mass is 10.1. The third-order valence-corrected chi connectivity index (χ3v) is 7.38. The molecule has 1 unspecified atom stereocenters. The SMILES string of the molecule is C=CCOC.COc1ccc(CN(CCc2c[nH]cc2C)S(=O)c2ccc3ccccc3c2)cc1OC. The molecule has 0 bridgehead atoms. The molecule has 0 aliphatic rings. The minimum absolute atomic E-state index is 0.531. The lowest BCUT2D eigenvalue weighted by molar-refractivity contribution is 0.234. The summed E-state index contributed by atoms with van der Waals surface area (Å²) in [7, 11) is 3.58. The number of methoxy groups -OCH3 is 3. The fourth-order valence-electron chi connectivity index (χ4n) is 3.93. The highest BCUT2D eigenvalue weighted by Gasteiger charge is 2.18. The zero-order valence-electron chi connectivity index (χ0n) is 22.0. The predicted molar refractivity (Wildman–Crippen MR) is 152 cm³/mol. The average molecular weight is 521 g/mol. The van der Waals surface area contributed by atoms with Gasteiger partial charge >= 0.3 is 0 Å². The summed E-state index contributed by atoms with van der Waals surface area (Å²) in [5.74, 6) is 1.35. The second-order valence-electron chi connectivity index (χ2n) is 8.47. The number of H-pyrrole nitrogens is 1. The van der Waals surface area contributed by atoms with Crippen LogP contribution in [0.15, 0.2) is 90.6 Å². The van der Waals surface area contributed by atoms with E-state index >= 15 is 0 Å². The van der Waals surface area contributed by atoms with Gasteiger partial charge in [0.15, 0.2) is 11.5 Å². The summed E-state index contributed by atoms with van der Waals surface area (Å²) in [4.78, 5) is 3.96. The van der Waals surface area contributed by atoms with Crippen molar-refractivity contribution in [2.45, 2.75) is 24.8 Å². The summed E-state index contributed by atoms with van der Waals surface area (Å²) in [6, 6.07) is 20.0. The normalized spacial score (nSPS) is 11.6. The van der Waals surface area contributed by atoms with Crippen LogP contribution in [0, 0.1) is 6.92 Å².